The lowest BCUT2D eigenvalue weighted by Crippen LogP contribution is -2.21. The molecule has 13 heavy (non-hydrogen) atoms. The van der Waals surface area contributed by atoms with E-state index in [0.29, 0.717) is 0 Å². The molecule has 0 radical (unpaired) electrons. The fraction of sp³-hybridized carbons (Fsp3) is 0.167. The van der Waals surface area contributed by atoms with Crippen LogP contribution in [0.3, 0.4) is 0 Å². The molecule has 0 unspecified atom stereocenters. The maximum absolute atomic E-state index is 10.6. The minimum atomic E-state index is -5.08. The van der Waals surface area contributed by atoms with Gasteiger partial charge in [0, 0.05) is 12.4 Å². The Kier molecular flexibility index (Phi) is 4.42. The summed E-state index contributed by atoms with van der Waals surface area (Å²) < 4.78 is 31.7. The fourth-order valence-corrected chi connectivity index (χ4v) is 0.253. The Bertz CT molecular complexity index is 223. The molecule has 0 aromatic carbocycles. The first-order valence-corrected chi connectivity index (χ1v) is 2.94. The van der Waals surface area contributed by atoms with Crippen LogP contribution in [-0.4, -0.2) is 27.2 Å². The van der Waals surface area contributed by atoms with Crippen molar-refractivity contribution in [3.63, 3.8) is 0 Å². The minimum Gasteiger partial charge on any atom is -0.475 e. The van der Waals surface area contributed by atoms with Crippen LogP contribution in [0.5, 0.6) is 0 Å². The van der Waals surface area contributed by atoms with Gasteiger partial charge in [-0.05, 0) is 6.07 Å². The molecule has 0 atom stereocenters. The molecule has 0 amide bonds. The molecule has 1 N–H and O–H groups in total. The quantitative estimate of drug-likeness (QED) is 0.671. The SMILES string of the molecule is O=C(O)C(F)(F)F.c1cncnc1. The Labute approximate surface area is 71.1 Å². The summed E-state index contributed by atoms with van der Waals surface area (Å²) in [6.45, 7) is 0. The monoisotopic (exact) mass is 194 g/mol. The number of hydrogen-bond donors (Lipinski definition) is 1. The molecule has 1 rings (SSSR count). The Morgan fingerprint density at radius 3 is 1.69 bits per heavy atom. The summed E-state index contributed by atoms with van der Waals surface area (Å²) in [5, 5.41) is 7.12. The molecule has 0 aliphatic heterocycles. The van der Waals surface area contributed by atoms with Crippen LogP contribution < -0.4 is 0 Å². The van der Waals surface area contributed by atoms with Crippen LogP contribution in [0.2, 0.25) is 0 Å². The van der Waals surface area contributed by atoms with Crippen LogP contribution in [0.1, 0.15) is 0 Å². The number of nitrogens with zero attached hydrogens (tertiary/aromatic N) is 2. The van der Waals surface area contributed by atoms with Crippen molar-refractivity contribution < 1.29 is 23.1 Å². The number of aliphatic carboxylic acids is 1. The van der Waals surface area contributed by atoms with Crippen molar-refractivity contribution >= 4 is 5.97 Å². The van der Waals surface area contributed by atoms with E-state index < -0.39 is 12.1 Å². The highest BCUT2D eigenvalue weighted by Gasteiger charge is 2.38. The number of rotatable bonds is 0. The van der Waals surface area contributed by atoms with E-state index in [2.05, 4.69) is 9.97 Å². The van der Waals surface area contributed by atoms with Gasteiger partial charge in [0.2, 0.25) is 0 Å². The highest BCUT2D eigenvalue weighted by Crippen LogP contribution is 2.13. The first kappa shape index (κ1) is 11.3. The average molecular weight is 194 g/mol. The highest BCUT2D eigenvalue weighted by molar-refractivity contribution is 5.73. The highest BCUT2D eigenvalue weighted by atomic mass is 19.4. The number of halogens is 3. The summed E-state index contributed by atoms with van der Waals surface area (Å²) in [6.07, 6.45) is -0.208. The molecule has 0 bridgehead atoms. The van der Waals surface area contributed by atoms with E-state index in [4.69, 9.17) is 9.90 Å². The van der Waals surface area contributed by atoms with Gasteiger partial charge in [-0.15, -0.1) is 0 Å². The van der Waals surface area contributed by atoms with Gasteiger partial charge < -0.3 is 5.11 Å². The molecule has 0 spiro atoms. The average Bonchev–Trinajstić information content (AvgIpc) is 2.07. The smallest absolute Gasteiger partial charge is 0.475 e. The van der Waals surface area contributed by atoms with Gasteiger partial charge in [-0.3, -0.25) is 0 Å². The number of hydrogen-bond acceptors (Lipinski definition) is 3. The van der Waals surface area contributed by atoms with Crippen LogP contribution in [0.4, 0.5) is 13.2 Å². The Hall–Kier alpha value is -1.66. The van der Waals surface area contributed by atoms with Crippen LogP contribution in [0, 0.1) is 0 Å². The van der Waals surface area contributed by atoms with E-state index in [1.807, 2.05) is 0 Å². The predicted molar refractivity (Wildman–Crippen MR) is 35.7 cm³/mol. The predicted octanol–water partition coefficient (Wildman–Crippen LogP) is 1.11. The normalized spacial score (nSPS) is 9.77. The van der Waals surface area contributed by atoms with Crippen molar-refractivity contribution in [1.82, 2.24) is 9.97 Å². The van der Waals surface area contributed by atoms with Gasteiger partial charge >= 0.3 is 12.1 Å². The summed E-state index contributed by atoms with van der Waals surface area (Å²) >= 11 is 0. The summed E-state index contributed by atoms with van der Waals surface area (Å²) in [4.78, 5) is 16.2. The summed E-state index contributed by atoms with van der Waals surface area (Å²) in [5.74, 6) is -2.76. The van der Waals surface area contributed by atoms with Crippen molar-refractivity contribution in [2.75, 3.05) is 0 Å². The molecule has 0 aliphatic rings. The summed E-state index contributed by atoms with van der Waals surface area (Å²) in [6, 6.07) is 1.78. The van der Waals surface area contributed by atoms with Crippen LogP contribution in [0.15, 0.2) is 24.8 Å². The van der Waals surface area contributed by atoms with E-state index >= 15 is 0 Å². The number of aromatic nitrogens is 2. The molecule has 0 fully saturated rings. The van der Waals surface area contributed by atoms with Gasteiger partial charge in [-0.25, -0.2) is 14.8 Å². The first-order chi connectivity index (χ1) is 5.94. The molecular formula is C6H5F3N2O2. The van der Waals surface area contributed by atoms with E-state index in [0.717, 1.165) is 0 Å². The first-order valence-electron chi connectivity index (χ1n) is 2.94. The van der Waals surface area contributed by atoms with E-state index in [1.165, 1.54) is 6.33 Å². The largest absolute Gasteiger partial charge is 0.490 e. The number of carbonyl (C=O) groups is 1. The van der Waals surface area contributed by atoms with Gasteiger partial charge in [0.15, 0.2) is 0 Å². The number of alkyl halides is 3. The fourth-order valence-electron chi connectivity index (χ4n) is 0.253. The standard InChI is InChI=1S/C4H4N2.C2HF3O2/c1-2-5-4-6-3-1;3-2(4,5)1(6)7/h1-4H;(H,6,7). The Morgan fingerprint density at radius 1 is 1.23 bits per heavy atom. The molecule has 72 valence electrons. The third kappa shape index (κ3) is 6.73. The second-order valence-electron chi connectivity index (χ2n) is 1.71. The van der Waals surface area contributed by atoms with Crippen LogP contribution >= 0.6 is 0 Å². The molecule has 1 aromatic rings. The zero-order chi connectivity index (χ0) is 10.3. The van der Waals surface area contributed by atoms with Crippen molar-refractivity contribution in [2.24, 2.45) is 0 Å². The maximum atomic E-state index is 10.6. The Morgan fingerprint density at radius 2 is 1.62 bits per heavy atom. The molecule has 0 saturated heterocycles. The van der Waals surface area contributed by atoms with Gasteiger partial charge in [0.25, 0.3) is 0 Å². The van der Waals surface area contributed by atoms with Gasteiger partial charge in [-0.2, -0.15) is 13.2 Å². The third-order valence-corrected chi connectivity index (χ3v) is 0.720. The zero-order valence-electron chi connectivity index (χ0n) is 6.19. The lowest BCUT2D eigenvalue weighted by molar-refractivity contribution is -0.192. The molecule has 0 aliphatic carbocycles. The van der Waals surface area contributed by atoms with Crippen molar-refractivity contribution in [1.29, 1.82) is 0 Å². The van der Waals surface area contributed by atoms with Crippen molar-refractivity contribution in [3.05, 3.63) is 24.8 Å². The van der Waals surface area contributed by atoms with Crippen molar-refractivity contribution in [2.45, 2.75) is 6.18 Å². The minimum absolute atomic E-state index is 1.50. The second-order valence-corrected chi connectivity index (χ2v) is 1.71. The van der Waals surface area contributed by atoms with E-state index in [-0.39, 0.29) is 0 Å². The van der Waals surface area contributed by atoms with E-state index in [9.17, 15) is 13.2 Å². The molecule has 4 nitrogen and oxygen atoms in total. The van der Waals surface area contributed by atoms with Crippen molar-refractivity contribution in [3.8, 4) is 0 Å². The lowest BCUT2D eigenvalue weighted by Gasteiger charge is -1.93. The number of carboxylic acids is 1. The molecule has 0 saturated carbocycles. The summed E-state index contributed by atoms with van der Waals surface area (Å²) in [7, 11) is 0. The van der Waals surface area contributed by atoms with Gasteiger partial charge in [0.05, 0.1) is 0 Å². The molecule has 1 heterocycles. The topological polar surface area (TPSA) is 63.1 Å². The molecular weight excluding hydrogens is 189 g/mol. The zero-order valence-corrected chi connectivity index (χ0v) is 6.19. The van der Waals surface area contributed by atoms with Gasteiger partial charge in [-0.1, -0.05) is 0 Å². The van der Waals surface area contributed by atoms with Crippen LogP contribution in [-0.2, 0) is 4.79 Å². The molecule has 1 aromatic heterocycles. The van der Waals surface area contributed by atoms with Crippen LogP contribution in [0.25, 0.3) is 0 Å². The van der Waals surface area contributed by atoms with Gasteiger partial charge in [0.1, 0.15) is 6.33 Å². The Balaban J connectivity index is 0.000000223. The third-order valence-electron chi connectivity index (χ3n) is 0.720. The number of carboxylic acid groups (broad SMARTS) is 1. The van der Waals surface area contributed by atoms with E-state index in [1.54, 1.807) is 18.5 Å². The summed E-state index contributed by atoms with van der Waals surface area (Å²) in [5.41, 5.74) is 0. The maximum Gasteiger partial charge on any atom is 0.490 e. The lowest BCUT2D eigenvalue weighted by atomic mass is 10.7. The second kappa shape index (κ2) is 5.07. The molecule has 7 heteroatoms.